The van der Waals surface area contributed by atoms with E-state index < -0.39 is 5.82 Å². The lowest BCUT2D eigenvalue weighted by molar-refractivity contribution is -0.113. The zero-order valence-electron chi connectivity index (χ0n) is 17.9. The molecule has 0 fully saturated rings. The van der Waals surface area contributed by atoms with Crippen molar-refractivity contribution in [2.45, 2.75) is 32.1 Å². The summed E-state index contributed by atoms with van der Waals surface area (Å²) in [5.74, 6) is -0.221. The largest absolute Gasteiger partial charge is 0.345 e. The maximum absolute atomic E-state index is 13.0. The Labute approximate surface area is 190 Å². The van der Waals surface area contributed by atoms with E-state index in [0.717, 1.165) is 16.8 Å². The van der Waals surface area contributed by atoms with Crippen molar-refractivity contribution >= 4 is 29.3 Å². The summed E-state index contributed by atoms with van der Waals surface area (Å²) in [6, 6.07) is 11.0. The molecule has 1 aromatic heterocycles. The molecule has 0 atom stereocenters. The SMILES string of the molecule is C=CCn1c(CNC(=O)c2ccc(F)cc2)nnc1SCC(=O)Nc1cccc(C)c1C. The van der Waals surface area contributed by atoms with Crippen molar-refractivity contribution < 1.29 is 14.0 Å². The van der Waals surface area contributed by atoms with Crippen LogP contribution in [0.15, 0.2) is 60.3 Å². The number of nitrogens with one attached hydrogen (secondary N) is 2. The van der Waals surface area contributed by atoms with E-state index in [1.54, 1.807) is 10.6 Å². The van der Waals surface area contributed by atoms with E-state index in [9.17, 15) is 14.0 Å². The Kier molecular flexibility index (Phi) is 7.77. The maximum atomic E-state index is 13.0. The number of benzene rings is 2. The molecular formula is C23H24FN5O2S. The average Bonchev–Trinajstić information content (AvgIpc) is 3.16. The summed E-state index contributed by atoms with van der Waals surface area (Å²) >= 11 is 1.25. The standard InChI is InChI=1S/C23H24FN5O2S/c1-4-12-29-20(13-25-22(31)17-8-10-18(24)11-9-17)27-28-23(29)32-14-21(30)26-19-7-5-6-15(2)16(19)3/h4-11H,1,12-14H2,2-3H3,(H,25,31)(H,26,30). The van der Waals surface area contributed by atoms with Crippen molar-refractivity contribution in [1.82, 2.24) is 20.1 Å². The lowest BCUT2D eigenvalue weighted by Gasteiger charge is -2.11. The summed E-state index contributed by atoms with van der Waals surface area (Å²) in [6.07, 6.45) is 1.69. The van der Waals surface area contributed by atoms with Crippen LogP contribution in [0.3, 0.4) is 0 Å². The first kappa shape index (κ1) is 23.2. The Bertz CT molecular complexity index is 1130. The minimum absolute atomic E-state index is 0.131. The topological polar surface area (TPSA) is 88.9 Å². The van der Waals surface area contributed by atoms with Gasteiger partial charge in [-0.05, 0) is 55.3 Å². The van der Waals surface area contributed by atoms with Gasteiger partial charge in [0.25, 0.3) is 5.91 Å². The molecule has 2 amide bonds. The van der Waals surface area contributed by atoms with Crippen molar-refractivity contribution in [1.29, 1.82) is 0 Å². The average molecular weight is 454 g/mol. The zero-order valence-corrected chi connectivity index (χ0v) is 18.7. The van der Waals surface area contributed by atoms with Crippen LogP contribution in [0.2, 0.25) is 0 Å². The number of aromatic nitrogens is 3. The van der Waals surface area contributed by atoms with Gasteiger partial charge in [-0.1, -0.05) is 30.0 Å². The summed E-state index contributed by atoms with van der Waals surface area (Å²) in [5, 5.41) is 14.5. The highest BCUT2D eigenvalue weighted by molar-refractivity contribution is 7.99. The number of carbonyl (C=O) groups excluding carboxylic acids is 2. The summed E-state index contributed by atoms with van der Waals surface area (Å²) in [7, 11) is 0. The molecular weight excluding hydrogens is 429 g/mol. The van der Waals surface area contributed by atoms with Crippen molar-refractivity contribution in [3.05, 3.63) is 83.5 Å². The van der Waals surface area contributed by atoms with E-state index in [1.807, 2.05) is 32.0 Å². The van der Waals surface area contributed by atoms with E-state index in [4.69, 9.17) is 0 Å². The number of amides is 2. The molecule has 9 heteroatoms. The molecule has 3 rings (SSSR count). The van der Waals surface area contributed by atoms with Gasteiger partial charge in [0.15, 0.2) is 11.0 Å². The molecule has 32 heavy (non-hydrogen) atoms. The number of nitrogens with zero attached hydrogens (tertiary/aromatic N) is 3. The van der Waals surface area contributed by atoms with E-state index in [0.29, 0.717) is 23.1 Å². The molecule has 0 aliphatic rings. The monoisotopic (exact) mass is 453 g/mol. The van der Waals surface area contributed by atoms with Crippen molar-refractivity contribution in [3.8, 4) is 0 Å². The third-order valence-corrected chi connectivity index (χ3v) is 5.80. The molecule has 0 radical (unpaired) electrons. The van der Waals surface area contributed by atoms with Crippen LogP contribution in [0.5, 0.6) is 0 Å². The normalized spacial score (nSPS) is 10.6. The number of hydrogen-bond donors (Lipinski definition) is 2. The summed E-state index contributed by atoms with van der Waals surface area (Å²) in [6.45, 7) is 8.27. The van der Waals surface area contributed by atoms with E-state index in [-0.39, 0.29) is 24.1 Å². The summed E-state index contributed by atoms with van der Waals surface area (Å²) in [5.41, 5.74) is 3.26. The Morgan fingerprint density at radius 3 is 2.62 bits per heavy atom. The van der Waals surface area contributed by atoms with Crippen molar-refractivity contribution in [2.24, 2.45) is 0 Å². The van der Waals surface area contributed by atoms with E-state index in [1.165, 1.54) is 36.0 Å². The number of halogens is 1. The lowest BCUT2D eigenvalue weighted by atomic mass is 10.1. The predicted molar refractivity (Wildman–Crippen MR) is 123 cm³/mol. The molecule has 0 saturated carbocycles. The fraction of sp³-hybridized carbons (Fsp3) is 0.217. The molecule has 0 unspecified atom stereocenters. The second-order valence-corrected chi connectivity index (χ2v) is 8.01. The van der Waals surface area contributed by atoms with Crippen LogP contribution in [0.1, 0.15) is 27.3 Å². The lowest BCUT2D eigenvalue weighted by Crippen LogP contribution is -2.25. The van der Waals surface area contributed by atoms with Crippen LogP contribution in [0.25, 0.3) is 0 Å². The highest BCUT2D eigenvalue weighted by Gasteiger charge is 2.15. The minimum atomic E-state index is -0.407. The highest BCUT2D eigenvalue weighted by atomic mass is 32.2. The fourth-order valence-corrected chi connectivity index (χ4v) is 3.70. The smallest absolute Gasteiger partial charge is 0.251 e. The maximum Gasteiger partial charge on any atom is 0.251 e. The third kappa shape index (κ3) is 5.82. The van der Waals surface area contributed by atoms with Gasteiger partial charge in [-0.25, -0.2) is 4.39 Å². The molecule has 3 aromatic rings. The van der Waals surface area contributed by atoms with E-state index >= 15 is 0 Å². The van der Waals surface area contributed by atoms with Gasteiger partial charge in [0.1, 0.15) is 5.82 Å². The van der Waals surface area contributed by atoms with Crippen LogP contribution in [0.4, 0.5) is 10.1 Å². The van der Waals surface area contributed by atoms with Gasteiger partial charge in [-0.2, -0.15) is 0 Å². The summed E-state index contributed by atoms with van der Waals surface area (Å²) in [4.78, 5) is 24.7. The number of thioether (sulfide) groups is 1. The van der Waals surface area contributed by atoms with Crippen molar-refractivity contribution in [3.63, 3.8) is 0 Å². The predicted octanol–water partition coefficient (Wildman–Crippen LogP) is 3.88. The van der Waals surface area contributed by atoms with Crippen LogP contribution in [-0.4, -0.2) is 32.3 Å². The molecule has 0 aliphatic carbocycles. The first-order valence-electron chi connectivity index (χ1n) is 9.94. The zero-order chi connectivity index (χ0) is 23.1. The molecule has 1 heterocycles. The van der Waals surface area contributed by atoms with Gasteiger partial charge < -0.3 is 15.2 Å². The first-order chi connectivity index (χ1) is 15.4. The molecule has 0 saturated heterocycles. The highest BCUT2D eigenvalue weighted by Crippen LogP contribution is 2.21. The third-order valence-electron chi connectivity index (χ3n) is 4.83. The Morgan fingerprint density at radius 1 is 1.16 bits per heavy atom. The number of carbonyl (C=O) groups is 2. The molecule has 2 N–H and O–H groups in total. The number of allylic oxidation sites excluding steroid dienone is 1. The number of anilines is 1. The van der Waals surface area contributed by atoms with Crippen LogP contribution < -0.4 is 10.6 Å². The van der Waals surface area contributed by atoms with Crippen LogP contribution >= 0.6 is 11.8 Å². The Morgan fingerprint density at radius 2 is 1.91 bits per heavy atom. The quantitative estimate of drug-likeness (QED) is 0.379. The minimum Gasteiger partial charge on any atom is -0.345 e. The van der Waals surface area contributed by atoms with Crippen LogP contribution in [0, 0.1) is 19.7 Å². The molecule has 0 bridgehead atoms. The molecule has 166 valence electrons. The number of rotatable bonds is 9. The Balaban J connectivity index is 1.61. The van der Waals surface area contributed by atoms with Gasteiger partial charge in [-0.15, -0.1) is 16.8 Å². The van der Waals surface area contributed by atoms with E-state index in [2.05, 4.69) is 27.4 Å². The second kappa shape index (κ2) is 10.7. The number of aryl methyl sites for hydroxylation is 1. The van der Waals surface area contributed by atoms with Gasteiger partial charge >= 0.3 is 0 Å². The first-order valence-corrected chi connectivity index (χ1v) is 10.9. The molecule has 0 spiro atoms. The summed E-state index contributed by atoms with van der Waals surface area (Å²) < 4.78 is 14.8. The van der Waals surface area contributed by atoms with Gasteiger partial charge in [0, 0.05) is 17.8 Å². The molecule has 0 aliphatic heterocycles. The van der Waals surface area contributed by atoms with Crippen LogP contribution in [-0.2, 0) is 17.9 Å². The van der Waals surface area contributed by atoms with Crippen molar-refractivity contribution in [2.75, 3.05) is 11.1 Å². The van der Waals surface area contributed by atoms with Gasteiger partial charge in [0.05, 0.1) is 12.3 Å². The Hall–Kier alpha value is -3.46. The second-order valence-electron chi connectivity index (χ2n) is 7.07. The fourth-order valence-electron chi connectivity index (χ4n) is 2.93. The van der Waals surface area contributed by atoms with Gasteiger partial charge in [0.2, 0.25) is 5.91 Å². The molecule has 2 aromatic carbocycles. The van der Waals surface area contributed by atoms with Gasteiger partial charge in [-0.3, -0.25) is 9.59 Å². The molecule has 7 nitrogen and oxygen atoms in total. The number of hydrogen-bond acceptors (Lipinski definition) is 5.